The lowest BCUT2D eigenvalue weighted by Gasteiger charge is -2.31. The molecule has 33 heavy (non-hydrogen) atoms. The molecule has 3 aromatic rings. The minimum absolute atomic E-state index is 0.0347. The highest BCUT2D eigenvalue weighted by atomic mass is 19.1. The first-order valence-corrected chi connectivity index (χ1v) is 11.7. The average Bonchev–Trinajstić information content (AvgIpc) is 3.31. The van der Waals surface area contributed by atoms with E-state index in [0.717, 1.165) is 32.2 Å². The molecule has 0 aliphatic carbocycles. The van der Waals surface area contributed by atoms with Crippen LogP contribution in [-0.2, 0) is 17.8 Å². The summed E-state index contributed by atoms with van der Waals surface area (Å²) in [5.41, 5.74) is 2.02. The highest BCUT2D eigenvalue weighted by Gasteiger charge is 2.27. The van der Waals surface area contributed by atoms with E-state index in [1.54, 1.807) is 12.1 Å². The molecule has 1 aliphatic rings. The third-order valence-electron chi connectivity index (χ3n) is 6.32. The normalized spacial score (nSPS) is 17.6. The largest absolute Gasteiger partial charge is 0.356 e. The lowest BCUT2D eigenvalue weighted by atomic mass is 9.95. The molecule has 174 valence electrons. The van der Waals surface area contributed by atoms with Gasteiger partial charge in [0, 0.05) is 18.7 Å². The molecular weight excluding hydrogens is 419 g/mol. The number of nitrogens with one attached hydrogen (secondary N) is 1. The van der Waals surface area contributed by atoms with E-state index in [1.165, 1.54) is 17.7 Å². The van der Waals surface area contributed by atoms with Gasteiger partial charge in [0.2, 0.25) is 17.6 Å². The van der Waals surface area contributed by atoms with Crippen molar-refractivity contribution in [2.75, 3.05) is 19.6 Å². The first-order valence-electron chi connectivity index (χ1n) is 11.7. The van der Waals surface area contributed by atoms with E-state index in [-0.39, 0.29) is 17.6 Å². The molecule has 2 heterocycles. The number of carbonyl (C=O) groups is 1. The quantitative estimate of drug-likeness (QED) is 0.521. The molecule has 6 nitrogen and oxygen atoms in total. The molecule has 2 aromatic carbocycles. The number of halogens is 1. The van der Waals surface area contributed by atoms with Crippen molar-refractivity contribution in [2.24, 2.45) is 11.8 Å². The van der Waals surface area contributed by atoms with Crippen LogP contribution in [0.3, 0.4) is 0 Å². The minimum Gasteiger partial charge on any atom is -0.356 e. The molecular formula is C26H31FN4O2. The van der Waals surface area contributed by atoms with Crippen molar-refractivity contribution in [3.8, 4) is 11.4 Å². The van der Waals surface area contributed by atoms with Gasteiger partial charge in [-0.15, -0.1) is 0 Å². The monoisotopic (exact) mass is 450 g/mol. The number of aromatic nitrogens is 2. The van der Waals surface area contributed by atoms with E-state index in [2.05, 4.69) is 51.5 Å². The fourth-order valence-electron chi connectivity index (χ4n) is 4.34. The van der Waals surface area contributed by atoms with E-state index in [0.29, 0.717) is 42.8 Å². The number of amides is 1. The Hall–Kier alpha value is -3.06. The second kappa shape index (κ2) is 11.2. The number of rotatable bonds is 9. The molecule has 4 rings (SSSR count). The average molecular weight is 451 g/mol. The van der Waals surface area contributed by atoms with Crippen LogP contribution in [0.2, 0.25) is 0 Å². The third-order valence-corrected chi connectivity index (χ3v) is 6.32. The van der Waals surface area contributed by atoms with Crippen LogP contribution in [0, 0.1) is 17.7 Å². The van der Waals surface area contributed by atoms with Crippen molar-refractivity contribution >= 4 is 5.91 Å². The second-order valence-corrected chi connectivity index (χ2v) is 8.80. The number of hydrogen-bond donors (Lipinski definition) is 1. The van der Waals surface area contributed by atoms with Crippen LogP contribution in [-0.4, -0.2) is 40.6 Å². The van der Waals surface area contributed by atoms with Gasteiger partial charge in [-0.2, -0.15) is 4.98 Å². The summed E-state index contributed by atoms with van der Waals surface area (Å²) in [6.45, 7) is 4.95. The maximum Gasteiger partial charge on any atom is 0.241 e. The molecule has 0 radical (unpaired) electrons. The molecule has 1 aliphatic heterocycles. The van der Waals surface area contributed by atoms with Crippen molar-refractivity contribution in [3.63, 3.8) is 0 Å². The Kier molecular flexibility index (Phi) is 7.83. The molecule has 1 fully saturated rings. The lowest BCUT2D eigenvalue weighted by Crippen LogP contribution is -2.43. The van der Waals surface area contributed by atoms with Crippen LogP contribution in [0.15, 0.2) is 59.1 Å². The Morgan fingerprint density at radius 3 is 2.76 bits per heavy atom. The molecule has 0 spiro atoms. The molecule has 0 bridgehead atoms. The van der Waals surface area contributed by atoms with Gasteiger partial charge in [0.25, 0.3) is 0 Å². The van der Waals surface area contributed by atoms with Crippen LogP contribution >= 0.6 is 0 Å². The first kappa shape index (κ1) is 23.1. The number of nitrogens with zero attached hydrogens (tertiary/aromatic N) is 3. The van der Waals surface area contributed by atoms with E-state index in [4.69, 9.17) is 4.52 Å². The minimum atomic E-state index is -0.301. The van der Waals surface area contributed by atoms with E-state index >= 15 is 0 Å². The highest BCUT2D eigenvalue weighted by Crippen LogP contribution is 2.21. The van der Waals surface area contributed by atoms with Gasteiger partial charge >= 0.3 is 0 Å². The summed E-state index contributed by atoms with van der Waals surface area (Å²) in [5, 5.41) is 7.20. The molecule has 1 aromatic heterocycles. The summed E-state index contributed by atoms with van der Waals surface area (Å²) in [4.78, 5) is 19.5. The zero-order valence-corrected chi connectivity index (χ0v) is 19.0. The molecule has 1 saturated heterocycles. The third kappa shape index (κ3) is 6.48. The molecule has 7 heteroatoms. The maximum atomic E-state index is 13.1. The molecule has 2 unspecified atom stereocenters. The van der Waals surface area contributed by atoms with Crippen molar-refractivity contribution in [2.45, 2.75) is 39.2 Å². The number of benzene rings is 2. The fourth-order valence-corrected chi connectivity index (χ4v) is 4.34. The summed E-state index contributed by atoms with van der Waals surface area (Å²) in [6.07, 6.45) is 3.85. The van der Waals surface area contributed by atoms with Gasteiger partial charge < -0.3 is 9.84 Å². The van der Waals surface area contributed by atoms with Crippen LogP contribution in [0.25, 0.3) is 11.4 Å². The predicted molar refractivity (Wildman–Crippen MR) is 125 cm³/mol. The Morgan fingerprint density at radius 1 is 1.21 bits per heavy atom. The summed E-state index contributed by atoms with van der Waals surface area (Å²) in [6, 6.07) is 16.4. The lowest BCUT2D eigenvalue weighted by molar-refractivity contribution is -0.127. The zero-order valence-electron chi connectivity index (χ0n) is 19.0. The van der Waals surface area contributed by atoms with Crippen LogP contribution in [0.5, 0.6) is 0 Å². The number of likely N-dealkylation sites (tertiary alicyclic amines) is 1. The van der Waals surface area contributed by atoms with Gasteiger partial charge in [-0.1, -0.05) is 48.8 Å². The van der Waals surface area contributed by atoms with E-state index < -0.39 is 0 Å². The van der Waals surface area contributed by atoms with E-state index in [9.17, 15) is 9.18 Å². The van der Waals surface area contributed by atoms with Gasteiger partial charge in [-0.05, 0) is 61.6 Å². The maximum absolute atomic E-state index is 13.1. The van der Waals surface area contributed by atoms with Crippen molar-refractivity contribution in [1.82, 2.24) is 20.4 Å². The Balaban J connectivity index is 1.27. The van der Waals surface area contributed by atoms with Crippen molar-refractivity contribution in [3.05, 3.63) is 71.9 Å². The number of piperidine rings is 1. The van der Waals surface area contributed by atoms with Crippen LogP contribution < -0.4 is 5.32 Å². The zero-order chi connectivity index (χ0) is 23.0. The Labute approximate surface area is 194 Å². The summed E-state index contributed by atoms with van der Waals surface area (Å²) < 4.78 is 18.5. The molecule has 1 N–H and O–H groups in total. The highest BCUT2D eigenvalue weighted by molar-refractivity contribution is 5.79. The predicted octanol–water partition coefficient (Wildman–Crippen LogP) is 4.47. The Morgan fingerprint density at radius 2 is 2.00 bits per heavy atom. The first-order chi connectivity index (χ1) is 16.1. The smallest absolute Gasteiger partial charge is 0.241 e. The van der Waals surface area contributed by atoms with Gasteiger partial charge in [-0.25, -0.2) is 4.39 Å². The van der Waals surface area contributed by atoms with Crippen LogP contribution in [0.1, 0.15) is 37.6 Å². The second-order valence-electron chi connectivity index (χ2n) is 8.80. The standard InChI is InChI=1S/C26H31FN4O2/c1-2-19(15-20-7-4-3-5-8-20)16-28-26(32)22-9-6-14-31(17-22)18-24-29-25(30-33-24)21-10-12-23(27)13-11-21/h3-5,7-8,10-13,19,22H,2,6,9,14-18H2,1H3,(H,28,32). The summed E-state index contributed by atoms with van der Waals surface area (Å²) in [5.74, 6) is 1.17. The van der Waals surface area contributed by atoms with Gasteiger partial charge in [0.15, 0.2) is 0 Å². The van der Waals surface area contributed by atoms with Gasteiger partial charge in [0.05, 0.1) is 12.5 Å². The summed E-state index contributed by atoms with van der Waals surface area (Å²) in [7, 11) is 0. The number of carbonyl (C=O) groups excluding carboxylic acids is 1. The fraction of sp³-hybridized carbons (Fsp3) is 0.423. The van der Waals surface area contributed by atoms with Gasteiger partial charge in [-0.3, -0.25) is 9.69 Å². The van der Waals surface area contributed by atoms with Crippen molar-refractivity contribution < 1.29 is 13.7 Å². The molecule has 1 amide bonds. The topological polar surface area (TPSA) is 71.3 Å². The van der Waals surface area contributed by atoms with E-state index in [1.807, 2.05) is 6.07 Å². The number of hydrogen-bond acceptors (Lipinski definition) is 5. The summed E-state index contributed by atoms with van der Waals surface area (Å²) >= 11 is 0. The molecule has 2 atom stereocenters. The SMILES string of the molecule is CCC(CNC(=O)C1CCCN(Cc2nc(-c3ccc(F)cc3)no2)C1)Cc1ccccc1. The Bertz CT molecular complexity index is 1020. The van der Waals surface area contributed by atoms with Gasteiger partial charge in [0.1, 0.15) is 5.82 Å². The molecule has 0 saturated carbocycles. The van der Waals surface area contributed by atoms with Crippen molar-refractivity contribution in [1.29, 1.82) is 0 Å². The van der Waals surface area contributed by atoms with Crippen LogP contribution in [0.4, 0.5) is 4.39 Å².